The number of ether oxygens (including phenoxy) is 2. The van der Waals surface area contributed by atoms with Gasteiger partial charge in [0.15, 0.2) is 0 Å². The maximum absolute atomic E-state index is 13.2. The fraction of sp³-hybridized carbons (Fsp3) is 0.654. The van der Waals surface area contributed by atoms with Crippen LogP contribution in [-0.4, -0.2) is 54.6 Å². The molecule has 0 bridgehead atoms. The number of benzene rings is 1. The fourth-order valence-electron chi connectivity index (χ4n) is 3.87. The van der Waals surface area contributed by atoms with Gasteiger partial charge in [-0.15, -0.1) is 0 Å². The molecule has 1 aromatic carbocycles. The van der Waals surface area contributed by atoms with E-state index in [0.717, 1.165) is 5.56 Å². The first-order valence-corrected chi connectivity index (χ1v) is 12.7. The monoisotopic (exact) mass is 519 g/mol. The van der Waals surface area contributed by atoms with E-state index in [-0.39, 0.29) is 13.2 Å². The van der Waals surface area contributed by atoms with Gasteiger partial charge in [-0.3, -0.25) is 0 Å². The van der Waals surface area contributed by atoms with Crippen molar-refractivity contribution in [2.75, 3.05) is 6.54 Å². The zero-order chi connectivity index (χ0) is 27.9. The van der Waals surface area contributed by atoms with E-state index in [4.69, 9.17) is 24.5 Å². The fourth-order valence-corrected chi connectivity index (χ4v) is 3.87. The number of rotatable bonds is 11. The lowest BCUT2D eigenvalue weighted by molar-refractivity contribution is -0.159. The van der Waals surface area contributed by atoms with Crippen molar-refractivity contribution in [1.82, 2.24) is 10.6 Å². The maximum Gasteiger partial charge on any atom is 0.457 e. The Morgan fingerprint density at radius 1 is 1.05 bits per heavy atom. The summed E-state index contributed by atoms with van der Waals surface area (Å²) in [6.45, 7) is 13.2. The third-order valence-corrected chi connectivity index (χ3v) is 6.47. The Morgan fingerprint density at radius 2 is 1.65 bits per heavy atom. The number of amides is 3. The molecule has 1 saturated heterocycles. The third kappa shape index (κ3) is 9.89. The van der Waals surface area contributed by atoms with E-state index in [9.17, 15) is 14.4 Å². The van der Waals surface area contributed by atoms with Crippen molar-refractivity contribution in [2.45, 2.75) is 97.1 Å². The van der Waals surface area contributed by atoms with E-state index in [1.165, 1.54) is 0 Å². The van der Waals surface area contributed by atoms with Crippen molar-refractivity contribution in [1.29, 1.82) is 0 Å². The molecule has 11 heteroatoms. The van der Waals surface area contributed by atoms with Crippen molar-refractivity contribution in [3.8, 4) is 0 Å². The van der Waals surface area contributed by atoms with Crippen LogP contribution in [-0.2, 0) is 30.2 Å². The smallest absolute Gasteiger partial charge is 0.457 e. The van der Waals surface area contributed by atoms with E-state index in [1.54, 1.807) is 20.8 Å². The molecular formula is C26H42BN3O7. The number of urea groups is 1. The quantitative estimate of drug-likeness (QED) is 0.299. The van der Waals surface area contributed by atoms with E-state index < -0.39 is 54.0 Å². The van der Waals surface area contributed by atoms with E-state index in [1.807, 2.05) is 58.0 Å². The number of alkyl carbamates (subject to hydrolysis) is 1. The van der Waals surface area contributed by atoms with Crippen LogP contribution in [0.25, 0.3) is 0 Å². The Kier molecular flexibility index (Phi) is 10.4. The summed E-state index contributed by atoms with van der Waals surface area (Å²) >= 11 is 0. The molecule has 2 rings (SSSR count). The van der Waals surface area contributed by atoms with E-state index >= 15 is 0 Å². The van der Waals surface area contributed by atoms with Crippen molar-refractivity contribution in [3.05, 3.63) is 35.9 Å². The predicted molar refractivity (Wildman–Crippen MR) is 141 cm³/mol. The van der Waals surface area contributed by atoms with Gasteiger partial charge in [0.2, 0.25) is 0 Å². The molecule has 206 valence electrons. The molecule has 0 spiro atoms. The van der Waals surface area contributed by atoms with Crippen molar-refractivity contribution in [2.24, 2.45) is 11.7 Å². The van der Waals surface area contributed by atoms with Gasteiger partial charge in [0.05, 0.1) is 11.2 Å². The maximum atomic E-state index is 13.2. The van der Waals surface area contributed by atoms with E-state index in [0.29, 0.717) is 19.2 Å². The Balaban J connectivity index is 2.11. The minimum atomic E-state index is -1.08. The minimum Gasteiger partial charge on any atom is -0.458 e. The third-order valence-electron chi connectivity index (χ3n) is 6.47. The van der Waals surface area contributed by atoms with Gasteiger partial charge in [0, 0.05) is 12.5 Å². The number of primary amides is 1. The zero-order valence-electron chi connectivity index (χ0n) is 23.1. The summed E-state index contributed by atoms with van der Waals surface area (Å²) < 4.78 is 23.0. The molecule has 0 saturated carbocycles. The SMILES string of the molecule is CC(C)(C)OC(=O)[C@@H](NC(=O)OCc1ccccc1)[C@H](CCCB1OC(C)(C)C(C)(C)O1)CNC(N)=O. The van der Waals surface area contributed by atoms with Gasteiger partial charge in [-0.25, -0.2) is 14.4 Å². The highest BCUT2D eigenvalue weighted by molar-refractivity contribution is 6.45. The minimum absolute atomic E-state index is 0.0415. The molecule has 1 heterocycles. The summed E-state index contributed by atoms with van der Waals surface area (Å²) in [5.74, 6) is -1.15. The number of nitrogens with two attached hydrogens (primary N) is 1. The second-order valence-corrected chi connectivity index (χ2v) is 11.3. The molecule has 0 aromatic heterocycles. The lowest BCUT2D eigenvalue weighted by Gasteiger charge is -2.32. The Hall–Kier alpha value is -2.79. The molecule has 0 unspecified atom stereocenters. The Bertz CT molecular complexity index is 902. The molecule has 4 N–H and O–H groups in total. The molecule has 10 nitrogen and oxygen atoms in total. The molecule has 1 aliphatic heterocycles. The van der Waals surface area contributed by atoms with Crippen LogP contribution in [0.1, 0.15) is 66.9 Å². The topological polar surface area (TPSA) is 138 Å². The van der Waals surface area contributed by atoms with Crippen LogP contribution in [0.4, 0.5) is 9.59 Å². The summed E-state index contributed by atoms with van der Waals surface area (Å²) in [4.78, 5) is 37.3. The highest BCUT2D eigenvalue weighted by Gasteiger charge is 2.50. The average molecular weight is 519 g/mol. The van der Waals surface area contributed by atoms with Gasteiger partial charge in [-0.1, -0.05) is 36.8 Å². The lowest BCUT2D eigenvalue weighted by atomic mass is 9.80. The number of hydrogen-bond donors (Lipinski definition) is 3. The summed E-state index contributed by atoms with van der Waals surface area (Å²) in [7, 11) is -0.404. The molecule has 3 amide bonds. The second kappa shape index (κ2) is 12.6. The van der Waals surface area contributed by atoms with Crippen LogP contribution in [0.15, 0.2) is 30.3 Å². The number of nitrogens with one attached hydrogen (secondary N) is 2. The first kappa shape index (κ1) is 30.4. The standard InChI is InChI=1S/C26H42BN3O7/c1-24(2,3)35-21(31)20(30-23(33)34-17-18-12-9-8-10-13-18)19(16-29-22(28)32)14-11-15-27-36-25(4,5)26(6,7)37-27/h8-10,12-13,19-20H,11,14-17H2,1-7H3,(H,30,33)(H3,28,29,32)/t19-,20+/m1/s1. The largest absolute Gasteiger partial charge is 0.458 e. The summed E-state index contributed by atoms with van der Waals surface area (Å²) in [5, 5.41) is 5.20. The molecule has 37 heavy (non-hydrogen) atoms. The highest BCUT2D eigenvalue weighted by atomic mass is 16.7. The van der Waals surface area contributed by atoms with Crippen molar-refractivity contribution in [3.63, 3.8) is 0 Å². The zero-order valence-corrected chi connectivity index (χ0v) is 23.1. The Morgan fingerprint density at radius 3 is 2.19 bits per heavy atom. The second-order valence-electron chi connectivity index (χ2n) is 11.3. The molecule has 2 atom stereocenters. The molecular weight excluding hydrogens is 477 g/mol. The molecule has 1 fully saturated rings. The number of carbonyl (C=O) groups is 3. The Labute approximate surface area is 220 Å². The van der Waals surface area contributed by atoms with Gasteiger partial charge in [0.25, 0.3) is 0 Å². The summed E-state index contributed by atoms with van der Waals surface area (Å²) in [6.07, 6.45) is 0.851. The van der Waals surface area contributed by atoms with E-state index in [2.05, 4.69) is 10.6 Å². The van der Waals surface area contributed by atoms with Gasteiger partial charge in [0.1, 0.15) is 18.2 Å². The average Bonchev–Trinajstić information content (AvgIpc) is 2.98. The number of esters is 1. The number of carbonyl (C=O) groups excluding carboxylic acids is 3. The van der Waals surface area contributed by atoms with Gasteiger partial charge >= 0.3 is 25.2 Å². The molecule has 1 aliphatic rings. The van der Waals surface area contributed by atoms with Gasteiger partial charge < -0.3 is 35.1 Å². The van der Waals surface area contributed by atoms with Crippen LogP contribution >= 0.6 is 0 Å². The lowest BCUT2D eigenvalue weighted by Crippen LogP contribution is -2.52. The molecule has 1 aromatic rings. The number of hydrogen-bond acceptors (Lipinski definition) is 7. The van der Waals surface area contributed by atoms with Crippen LogP contribution < -0.4 is 16.4 Å². The van der Waals surface area contributed by atoms with Crippen molar-refractivity contribution < 1.29 is 33.2 Å². The molecule has 0 aliphatic carbocycles. The highest BCUT2D eigenvalue weighted by Crippen LogP contribution is 2.38. The van der Waals surface area contributed by atoms with Gasteiger partial charge in [-0.05, 0) is 66.8 Å². The summed E-state index contributed by atoms with van der Waals surface area (Å²) in [6, 6.07) is 7.39. The van der Waals surface area contributed by atoms with Crippen LogP contribution in [0.5, 0.6) is 0 Å². The van der Waals surface area contributed by atoms with Crippen LogP contribution in [0.2, 0.25) is 6.32 Å². The summed E-state index contributed by atoms with van der Waals surface area (Å²) in [5.41, 5.74) is 4.42. The predicted octanol–water partition coefficient (Wildman–Crippen LogP) is 3.78. The molecule has 0 radical (unpaired) electrons. The van der Waals surface area contributed by atoms with Crippen LogP contribution in [0.3, 0.4) is 0 Å². The van der Waals surface area contributed by atoms with Crippen LogP contribution in [0, 0.1) is 5.92 Å². The first-order valence-electron chi connectivity index (χ1n) is 12.7. The normalized spacial score (nSPS) is 18.0. The van der Waals surface area contributed by atoms with Crippen molar-refractivity contribution >= 4 is 25.2 Å². The van der Waals surface area contributed by atoms with Gasteiger partial charge in [-0.2, -0.15) is 0 Å². The first-order chi connectivity index (χ1) is 17.1.